The van der Waals surface area contributed by atoms with Gasteiger partial charge in [0.1, 0.15) is 17.0 Å². The van der Waals surface area contributed by atoms with E-state index < -0.39 is 35.1 Å². The minimum Gasteiger partial charge on any atom is -0.382 e. The quantitative estimate of drug-likeness (QED) is 0.263. The smallest absolute Gasteiger partial charge is 0.257 e. The molecule has 12 heteroatoms. The molecular formula is C23H20ClF2N5O4. The zero-order chi connectivity index (χ0) is 25.7. The fourth-order valence-electron chi connectivity index (χ4n) is 3.65. The zero-order valence-corrected chi connectivity index (χ0v) is 19.2. The highest BCUT2D eigenvalue weighted by atomic mass is 35.5. The van der Waals surface area contributed by atoms with Crippen molar-refractivity contribution in [1.82, 2.24) is 14.4 Å². The molecule has 1 atom stereocenters. The van der Waals surface area contributed by atoms with Crippen molar-refractivity contribution in [1.29, 1.82) is 0 Å². The van der Waals surface area contributed by atoms with Gasteiger partial charge in [-0.15, -0.1) is 0 Å². The first-order valence-corrected chi connectivity index (χ1v) is 10.6. The summed E-state index contributed by atoms with van der Waals surface area (Å²) in [5.74, 6) is -6.63. The first-order valence-electron chi connectivity index (χ1n) is 10.2. The van der Waals surface area contributed by atoms with Gasteiger partial charge in [0.25, 0.3) is 5.91 Å². The number of carbonyl (C=O) groups excluding carboxylic acids is 1. The molecule has 1 unspecified atom stereocenters. The van der Waals surface area contributed by atoms with Crippen LogP contribution in [0, 0.1) is 18.6 Å². The molecule has 2 aromatic heterocycles. The van der Waals surface area contributed by atoms with Crippen molar-refractivity contribution in [3.63, 3.8) is 0 Å². The van der Waals surface area contributed by atoms with Gasteiger partial charge in [-0.05, 0) is 43.7 Å². The van der Waals surface area contributed by atoms with Crippen LogP contribution in [-0.4, -0.2) is 35.6 Å². The van der Waals surface area contributed by atoms with Gasteiger partial charge in [-0.3, -0.25) is 9.20 Å². The van der Waals surface area contributed by atoms with Crippen molar-refractivity contribution < 1.29 is 28.9 Å². The molecule has 4 rings (SSSR count). The van der Waals surface area contributed by atoms with Gasteiger partial charge in [-0.1, -0.05) is 23.7 Å². The van der Waals surface area contributed by atoms with E-state index in [4.69, 9.17) is 17.3 Å². The van der Waals surface area contributed by atoms with Gasteiger partial charge in [-0.25, -0.2) is 18.7 Å². The van der Waals surface area contributed by atoms with E-state index >= 15 is 4.39 Å². The summed E-state index contributed by atoms with van der Waals surface area (Å²) in [7, 11) is 0. The maximum atomic E-state index is 15.2. The summed E-state index contributed by atoms with van der Waals surface area (Å²) in [6.07, 6.45) is -0.319. The second kappa shape index (κ2) is 8.86. The number of nitrogens with two attached hydrogens (primary N) is 1. The fourth-order valence-corrected chi connectivity index (χ4v) is 3.84. The first-order chi connectivity index (χ1) is 16.4. The standard InChI is InChI=1S/C23H20ClF2N5O4/c1-10-9-28-20(27)18-17(30-22(31(10)18)23(2,34)35)13-6-7-14(16(26)15(13)25)29-21(33)19(32)11-4-3-5-12(24)8-11/h3-9,19,32,34-35H,1-2H3,(H2,27,28)(H,29,33). The van der Waals surface area contributed by atoms with E-state index in [1.807, 2.05) is 0 Å². The Bertz CT molecular complexity index is 1470. The summed E-state index contributed by atoms with van der Waals surface area (Å²) in [6, 6.07) is 8.11. The van der Waals surface area contributed by atoms with Crippen LogP contribution in [0.2, 0.25) is 5.02 Å². The lowest BCUT2D eigenvalue weighted by molar-refractivity contribution is -0.159. The van der Waals surface area contributed by atoms with E-state index in [1.165, 1.54) is 28.8 Å². The Morgan fingerprint density at radius 3 is 2.60 bits per heavy atom. The van der Waals surface area contributed by atoms with Crippen LogP contribution in [0.3, 0.4) is 0 Å². The molecule has 0 aliphatic carbocycles. The number of halogens is 3. The van der Waals surface area contributed by atoms with E-state index in [1.54, 1.807) is 13.0 Å². The molecule has 182 valence electrons. The average molecular weight is 504 g/mol. The number of rotatable bonds is 5. The van der Waals surface area contributed by atoms with Crippen molar-refractivity contribution in [3.8, 4) is 11.3 Å². The number of nitrogens with zero attached hydrogens (tertiary/aromatic N) is 3. The Kier molecular flexibility index (Phi) is 6.20. The number of carbonyl (C=O) groups is 1. The molecule has 1 amide bonds. The molecule has 0 saturated carbocycles. The topological polar surface area (TPSA) is 146 Å². The second-order valence-corrected chi connectivity index (χ2v) is 8.45. The van der Waals surface area contributed by atoms with Crippen LogP contribution in [-0.2, 0) is 10.6 Å². The Morgan fingerprint density at radius 1 is 1.23 bits per heavy atom. The number of fused-ring (bicyclic) bond motifs is 1. The van der Waals surface area contributed by atoms with E-state index in [0.29, 0.717) is 5.69 Å². The van der Waals surface area contributed by atoms with Crippen molar-refractivity contribution in [3.05, 3.63) is 76.3 Å². The van der Waals surface area contributed by atoms with Gasteiger partial charge in [-0.2, -0.15) is 0 Å². The van der Waals surface area contributed by atoms with Crippen molar-refractivity contribution in [2.45, 2.75) is 25.7 Å². The van der Waals surface area contributed by atoms with Gasteiger partial charge in [0.15, 0.2) is 23.6 Å². The molecule has 0 fully saturated rings. The van der Waals surface area contributed by atoms with Crippen LogP contribution in [0.4, 0.5) is 20.3 Å². The number of amides is 1. The van der Waals surface area contributed by atoms with Crippen LogP contribution in [0.15, 0.2) is 42.6 Å². The van der Waals surface area contributed by atoms with Gasteiger partial charge in [0.05, 0.1) is 5.69 Å². The van der Waals surface area contributed by atoms with Gasteiger partial charge < -0.3 is 26.4 Å². The van der Waals surface area contributed by atoms with E-state index in [2.05, 4.69) is 15.3 Å². The summed E-state index contributed by atoms with van der Waals surface area (Å²) in [6.45, 7) is 2.66. The lowest BCUT2D eigenvalue weighted by Crippen LogP contribution is -2.24. The Hall–Kier alpha value is -3.64. The number of benzene rings is 2. The summed E-state index contributed by atoms with van der Waals surface area (Å²) >= 11 is 5.86. The Balaban J connectivity index is 1.76. The summed E-state index contributed by atoms with van der Waals surface area (Å²) in [4.78, 5) is 20.5. The Labute approximate surface area is 202 Å². The normalized spacial score (nSPS) is 12.7. The third-order valence-electron chi connectivity index (χ3n) is 5.29. The highest BCUT2D eigenvalue weighted by Crippen LogP contribution is 2.35. The Morgan fingerprint density at radius 2 is 1.94 bits per heavy atom. The monoisotopic (exact) mass is 503 g/mol. The fraction of sp³-hybridized carbons (Fsp3) is 0.174. The number of aliphatic hydroxyl groups excluding tert-OH is 1. The molecule has 6 N–H and O–H groups in total. The summed E-state index contributed by atoms with van der Waals surface area (Å²) < 4.78 is 31.5. The molecule has 2 aromatic carbocycles. The molecule has 4 aromatic rings. The number of nitrogen functional groups attached to an aromatic ring is 1. The molecule has 0 radical (unpaired) electrons. The van der Waals surface area contributed by atoms with Crippen LogP contribution in [0.1, 0.15) is 30.1 Å². The summed E-state index contributed by atoms with van der Waals surface area (Å²) in [5.41, 5.74) is 5.51. The highest BCUT2D eigenvalue weighted by Gasteiger charge is 2.31. The molecule has 0 aliphatic rings. The van der Waals surface area contributed by atoms with Crippen molar-refractivity contribution in [2.24, 2.45) is 0 Å². The molecule has 0 aliphatic heterocycles. The van der Waals surface area contributed by atoms with Crippen molar-refractivity contribution in [2.75, 3.05) is 11.1 Å². The minimum atomic E-state index is -2.43. The molecule has 0 saturated heterocycles. The second-order valence-electron chi connectivity index (χ2n) is 8.01. The molecule has 2 heterocycles. The number of imidazole rings is 1. The molecular weight excluding hydrogens is 484 g/mol. The maximum Gasteiger partial charge on any atom is 0.257 e. The number of aliphatic hydroxyl groups is 3. The average Bonchev–Trinajstić information content (AvgIpc) is 3.21. The van der Waals surface area contributed by atoms with Gasteiger partial charge in [0.2, 0.25) is 5.79 Å². The lowest BCUT2D eigenvalue weighted by atomic mass is 10.1. The SMILES string of the molecule is Cc1cnc(N)c2c(-c3ccc(NC(=O)C(O)c4cccc(Cl)c4)c(F)c3F)nc(C(C)(O)O)n12. The molecule has 35 heavy (non-hydrogen) atoms. The first kappa shape index (κ1) is 24.5. The predicted octanol–water partition coefficient (Wildman–Crippen LogP) is 3.05. The number of aromatic nitrogens is 3. The number of aryl methyl sites for hydroxylation is 1. The number of anilines is 2. The minimum absolute atomic E-state index is 0.0424. The van der Waals surface area contributed by atoms with Gasteiger partial charge >= 0.3 is 0 Å². The number of hydrogen-bond acceptors (Lipinski definition) is 7. The number of hydrogen-bond donors (Lipinski definition) is 5. The molecule has 0 bridgehead atoms. The predicted molar refractivity (Wildman–Crippen MR) is 124 cm³/mol. The molecule has 0 spiro atoms. The largest absolute Gasteiger partial charge is 0.382 e. The van der Waals surface area contributed by atoms with E-state index in [0.717, 1.165) is 19.1 Å². The summed E-state index contributed by atoms with van der Waals surface area (Å²) in [5, 5.41) is 33.0. The van der Waals surface area contributed by atoms with Gasteiger partial charge in [0, 0.05) is 22.5 Å². The lowest BCUT2D eigenvalue weighted by Gasteiger charge is -2.15. The number of nitrogens with one attached hydrogen (secondary N) is 1. The highest BCUT2D eigenvalue weighted by molar-refractivity contribution is 6.30. The van der Waals surface area contributed by atoms with Crippen LogP contribution in [0.5, 0.6) is 0 Å². The van der Waals surface area contributed by atoms with E-state index in [-0.39, 0.29) is 39.0 Å². The third-order valence-corrected chi connectivity index (χ3v) is 5.53. The van der Waals surface area contributed by atoms with E-state index in [9.17, 15) is 24.5 Å². The van der Waals surface area contributed by atoms with Crippen LogP contribution < -0.4 is 11.1 Å². The molecule has 9 nitrogen and oxygen atoms in total. The zero-order valence-electron chi connectivity index (χ0n) is 18.4. The van der Waals surface area contributed by atoms with Crippen LogP contribution >= 0.6 is 11.6 Å². The van der Waals surface area contributed by atoms with Crippen LogP contribution in [0.25, 0.3) is 16.8 Å². The third kappa shape index (κ3) is 4.42. The van der Waals surface area contributed by atoms with Crippen molar-refractivity contribution >= 4 is 34.5 Å². The maximum absolute atomic E-state index is 15.2.